The number of carbonyl (C=O) groups excluding carboxylic acids is 1. The molecule has 0 spiro atoms. The second kappa shape index (κ2) is 6.31. The normalized spacial score (nSPS) is 24.7. The van der Waals surface area contributed by atoms with Gasteiger partial charge in [-0.15, -0.1) is 23.1 Å². The van der Waals surface area contributed by atoms with Gasteiger partial charge in [0.25, 0.3) is 0 Å². The standard InChI is InChI=1S/C16H23NO2S2/c1-2-16(11-18)5-7-17(8-6-16)15(19)14-12-3-9-20-13(12)4-10-21-14/h3,9,14,18H,2,4-8,10-11H2,1H3. The fraction of sp³-hybridized carbons (Fsp3) is 0.688. The van der Waals surface area contributed by atoms with Crippen LogP contribution in [0.4, 0.5) is 0 Å². The lowest BCUT2D eigenvalue weighted by atomic mass is 9.77. The first-order valence-corrected chi connectivity index (χ1v) is 9.69. The van der Waals surface area contributed by atoms with Gasteiger partial charge in [-0.2, -0.15) is 0 Å². The van der Waals surface area contributed by atoms with Gasteiger partial charge in [-0.25, -0.2) is 0 Å². The third-order valence-corrected chi connectivity index (χ3v) is 7.35. The largest absolute Gasteiger partial charge is 0.396 e. The number of likely N-dealkylation sites (tertiary alicyclic amines) is 1. The van der Waals surface area contributed by atoms with Gasteiger partial charge in [0.05, 0.1) is 0 Å². The fourth-order valence-corrected chi connectivity index (χ4v) is 5.72. The van der Waals surface area contributed by atoms with E-state index in [4.69, 9.17) is 0 Å². The topological polar surface area (TPSA) is 40.5 Å². The van der Waals surface area contributed by atoms with Crippen molar-refractivity contribution in [3.05, 3.63) is 21.9 Å². The smallest absolute Gasteiger partial charge is 0.240 e. The Morgan fingerprint density at radius 2 is 2.24 bits per heavy atom. The van der Waals surface area contributed by atoms with Crippen molar-refractivity contribution in [3.63, 3.8) is 0 Å². The summed E-state index contributed by atoms with van der Waals surface area (Å²) in [5.41, 5.74) is 1.29. The van der Waals surface area contributed by atoms with Crippen molar-refractivity contribution in [2.75, 3.05) is 25.4 Å². The van der Waals surface area contributed by atoms with Gasteiger partial charge < -0.3 is 10.0 Å². The SMILES string of the molecule is CCC1(CO)CCN(C(=O)C2SCCc3sccc32)CC1. The van der Waals surface area contributed by atoms with Crippen LogP contribution in [0.15, 0.2) is 11.4 Å². The molecule has 5 heteroatoms. The van der Waals surface area contributed by atoms with Crippen molar-refractivity contribution >= 4 is 29.0 Å². The van der Waals surface area contributed by atoms with E-state index < -0.39 is 0 Å². The van der Waals surface area contributed by atoms with Gasteiger partial charge in [0, 0.05) is 24.6 Å². The van der Waals surface area contributed by atoms with Crippen molar-refractivity contribution in [1.29, 1.82) is 0 Å². The van der Waals surface area contributed by atoms with Crippen molar-refractivity contribution in [2.45, 2.75) is 37.9 Å². The molecule has 1 saturated heterocycles. The van der Waals surface area contributed by atoms with Crippen LogP contribution < -0.4 is 0 Å². The minimum Gasteiger partial charge on any atom is -0.396 e. The van der Waals surface area contributed by atoms with Crippen LogP contribution >= 0.6 is 23.1 Å². The predicted molar refractivity (Wildman–Crippen MR) is 88.8 cm³/mol. The number of amides is 1. The molecule has 3 nitrogen and oxygen atoms in total. The van der Waals surface area contributed by atoms with Crippen LogP contribution in [-0.2, 0) is 11.2 Å². The number of fused-ring (bicyclic) bond motifs is 1. The number of carbonyl (C=O) groups is 1. The zero-order chi connectivity index (χ0) is 14.9. The van der Waals surface area contributed by atoms with Gasteiger partial charge in [-0.3, -0.25) is 4.79 Å². The maximum Gasteiger partial charge on any atom is 0.240 e. The Kier molecular flexibility index (Phi) is 4.62. The van der Waals surface area contributed by atoms with Crippen LogP contribution in [0.3, 0.4) is 0 Å². The molecule has 1 N–H and O–H groups in total. The van der Waals surface area contributed by atoms with Crippen LogP contribution in [0.5, 0.6) is 0 Å². The predicted octanol–water partition coefficient (Wildman–Crippen LogP) is 3.09. The molecular weight excluding hydrogens is 302 g/mol. The Bertz CT molecular complexity index is 500. The Hall–Kier alpha value is -0.520. The number of thioether (sulfide) groups is 1. The third-order valence-electron chi connectivity index (χ3n) is 5.12. The maximum absolute atomic E-state index is 12.8. The number of aliphatic hydroxyl groups is 1. The summed E-state index contributed by atoms with van der Waals surface area (Å²) in [6, 6.07) is 2.13. The van der Waals surface area contributed by atoms with E-state index in [9.17, 15) is 9.90 Å². The Morgan fingerprint density at radius 3 is 2.90 bits per heavy atom. The van der Waals surface area contributed by atoms with Gasteiger partial charge >= 0.3 is 0 Å². The molecule has 1 aromatic heterocycles. The second-order valence-corrected chi connectivity index (χ2v) is 8.35. The summed E-state index contributed by atoms with van der Waals surface area (Å²) in [5.74, 6) is 1.33. The molecule has 3 rings (SSSR count). The summed E-state index contributed by atoms with van der Waals surface area (Å²) < 4.78 is 0. The van der Waals surface area contributed by atoms with Crippen LogP contribution in [-0.4, -0.2) is 41.4 Å². The van der Waals surface area contributed by atoms with Gasteiger partial charge in [0.2, 0.25) is 5.91 Å². The Labute approximate surface area is 134 Å². The van der Waals surface area contributed by atoms with E-state index in [1.54, 1.807) is 23.1 Å². The lowest BCUT2D eigenvalue weighted by Gasteiger charge is -2.41. The van der Waals surface area contributed by atoms with Crippen molar-refractivity contribution in [1.82, 2.24) is 4.90 Å². The highest BCUT2D eigenvalue weighted by molar-refractivity contribution is 8.00. The number of aryl methyl sites for hydroxylation is 1. The Morgan fingerprint density at radius 1 is 1.48 bits per heavy atom. The van der Waals surface area contributed by atoms with Gasteiger partial charge in [0.1, 0.15) is 5.25 Å². The average molecular weight is 325 g/mol. The molecule has 3 heterocycles. The van der Waals surface area contributed by atoms with E-state index in [1.165, 1.54) is 10.4 Å². The molecule has 1 fully saturated rings. The van der Waals surface area contributed by atoms with Gasteiger partial charge in [-0.05, 0) is 53.9 Å². The molecule has 1 aromatic rings. The molecule has 1 amide bonds. The number of piperidine rings is 1. The summed E-state index contributed by atoms with van der Waals surface area (Å²) in [6.07, 6.45) is 3.96. The third kappa shape index (κ3) is 2.88. The highest BCUT2D eigenvalue weighted by Crippen LogP contribution is 2.42. The first-order valence-electron chi connectivity index (χ1n) is 7.76. The average Bonchev–Trinajstić information content (AvgIpc) is 3.03. The minimum atomic E-state index is 0.00301. The van der Waals surface area contributed by atoms with Crippen LogP contribution in [0, 0.1) is 5.41 Å². The number of hydrogen-bond acceptors (Lipinski definition) is 4. The van der Waals surface area contributed by atoms with Gasteiger partial charge in [0.15, 0.2) is 0 Å². The van der Waals surface area contributed by atoms with Gasteiger partial charge in [-0.1, -0.05) is 6.92 Å². The van der Waals surface area contributed by atoms with E-state index in [-0.39, 0.29) is 23.2 Å². The van der Waals surface area contributed by atoms with Crippen LogP contribution in [0.2, 0.25) is 0 Å². The molecule has 1 atom stereocenters. The monoisotopic (exact) mass is 325 g/mol. The highest BCUT2D eigenvalue weighted by atomic mass is 32.2. The molecule has 21 heavy (non-hydrogen) atoms. The second-order valence-electron chi connectivity index (χ2n) is 6.14. The fourth-order valence-electron chi connectivity index (χ4n) is 3.34. The number of hydrogen-bond donors (Lipinski definition) is 1. The lowest BCUT2D eigenvalue weighted by molar-refractivity contribution is -0.133. The summed E-state index contributed by atoms with van der Waals surface area (Å²) in [5, 5.41) is 11.7. The summed E-state index contributed by atoms with van der Waals surface area (Å²) >= 11 is 3.57. The molecule has 1 unspecified atom stereocenters. The molecule has 0 aliphatic carbocycles. The first-order chi connectivity index (χ1) is 10.2. The van der Waals surface area contributed by atoms with Crippen molar-refractivity contribution in [2.24, 2.45) is 5.41 Å². The van der Waals surface area contributed by atoms with Crippen LogP contribution in [0.1, 0.15) is 41.9 Å². The molecule has 0 bridgehead atoms. The quantitative estimate of drug-likeness (QED) is 0.928. The number of rotatable bonds is 3. The summed E-state index contributed by atoms with van der Waals surface area (Å²) in [7, 11) is 0. The van der Waals surface area contributed by atoms with E-state index in [0.29, 0.717) is 0 Å². The number of nitrogens with zero attached hydrogens (tertiary/aromatic N) is 1. The summed E-state index contributed by atoms with van der Waals surface area (Å²) in [6.45, 7) is 3.98. The molecular formula is C16H23NO2S2. The van der Waals surface area contributed by atoms with E-state index in [2.05, 4.69) is 18.4 Å². The minimum absolute atomic E-state index is 0.00301. The Balaban J connectivity index is 1.68. The molecule has 0 radical (unpaired) electrons. The lowest BCUT2D eigenvalue weighted by Crippen LogP contribution is -2.46. The number of thiophene rings is 1. The molecule has 116 valence electrons. The first kappa shape index (κ1) is 15.4. The van der Waals surface area contributed by atoms with E-state index in [1.807, 2.05) is 4.90 Å². The molecule has 0 aromatic carbocycles. The number of aliphatic hydroxyl groups excluding tert-OH is 1. The van der Waals surface area contributed by atoms with Crippen LogP contribution in [0.25, 0.3) is 0 Å². The maximum atomic E-state index is 12.8. The van der Waals surface area contributed by atoms with Crippen molar-refractivity contribution in [3.8, 4) is 0 Å². The molecule has 2 aliphatic heterocycles. The zero-order valence-electron chi connectivity index (χ0n) is 12.5. The van der Waals surface area contributed by atoms with E-state index in [0.717, 1.165) is 44.5 Å². The molecule has 2 aliphatic rings. The molecule has 0 saturated carbocycles. The van der Waals surface area contributed by atoms with E-state index >= 15 is 0 Å². The zero-order valence-corrected chi connectivity index (χ0v) is 14.1. The van der Waals surface area contributed by atoms with Crippen molar-refractivity contribution < 1.29 is 9.90 Å². The summed E-state index contributed by atoms with van der Waals surface area (Å²) in [4.78, 5) is 16.3. The highest BCUT2D eigenvalue weighted by Gasteiger charge is 2.37.